The number of sulfonamides is 1. The van der Waals surface area contributed by atoms with Crippen molar-refractivity contribution in [1.29, 1.82) is 0 Å². The summed E-state index contributed by atoms with van der Waals surface area (Å²) in [7, 11) is -3.93. The fourth-order valence-electron chi connectivity index (χ4n) is 2.69. The van der Waals surface area contributed by atoms with Crippen LogP contribution in [0.4, 0.5) is 0 Å². The minimum absolute atomic E-state index is 0.00805. The third-order valence-corrected chi connectivity index (χ3v) is 5.45. The van der Waals surface area contributed by atoms with Gasteiger partial charge < -0.3 is 5.11 Å². The number of rotatable bonds is 7. The first kappa shape index (κ1) is 17.6. The Bertz CT molecular complexity index is 711. The Hall–Kier alpha value is -1.73. The van der Waals surface area contributed by atoms with Gasteiger partial charge in [-0.1, -0.05) is 19.8 Å². The van der Waals surface area contributed by atoms with Gasteiger partial charge in [-0.25, -0.2) is 8.42 Å². The standard InChI is InChI=1S/C16H21NO5S/c1-2-3-6-14(16(19)20)17-23(21,22)12-8-9-13-11(10-12)5-4-7-15(13)18/h8-10,14,17H,2-7H2,1H3,(H,19,20)/t14-/m0/s1. The number of carboxylic acids is 1. The van der Waals surface area contributed by atoms with Crippen LogP contribution in [0.15, 0.2) is 23.1 Å². The van der Waals surface area contributed by atoms with Crippen molar-refractivity contribution in [3.05, 3.63) is 29.3 Å². The van der Waals surface area contributed by atoms with E-state index < -0.39 is 22.0 Å². The summed E-state index contributed by atoms with van der Waals surface area (Å²) in [4.78, 5) is 23.0. The van der Waals surface area contributed by atoms with Crippen LogP contribution >= 0.6 is 0 Å². The summed E-state index contributed by atoms with van der Waals surface area (Å²) in [5, 5.41) is 9.17. The Kier molecular flexibility index (Phi) is 5.54. The maximum absolute atomic E-state index is 12.4. The summed E-state index contributed by atoms with van der Waals surface area (Å²) in [6, 6.07) is 3.22. The van der Waals surface area contributed by atoms with E-state index in [9.17, 15) is 18.0 Å². The van der Waals surface area contributed by atoms with Gasteiger partial charge in [0.25, 0.3) is 0 Å². The molecule has 0 unspecified atom stereocenters. The Labute approximate surface area is 136 Å². The van der Waals surface area contributed by atoms with Crippen LogP contribution in [-0.4, -0.2) is 31.3 Å². The number of Topliss-reactive ketones (excluding diaryl/α,β-unsaturated/α-hetero) is 1. The van der Waals surface area contributed by atoms with E-state index >= 15 is 0 Å². The number of benzene rings is 1. The molecule has 1 aromatic rings. The number of hydrogen-bond acceptors (Lipinski definition) is 4. The summed E-state index contributed by atoms with van der Waals surface area (Å²) >= 11 is 0. The molecule has 6 nitrogen and oxygen atoms in total. The van der Waals surface area contributed by atoms with E-state index in [0.717, 1.165) is 6.42 Å². The molecule has 0 fully saturated rings. The number of carboxylic acid groups (broad SMARTS) is 1. The van der Waals surface area contributed by atoms with Crippen LogP contribution in [0.25, 0.3) is 0 Å². The number of fused-ring (bicyclic) bond motifs is 1. The molecule has 126 valence electrons. The highest BCUT2D eigenvalue weighted by atomic mass is 32.2. The molecule has 0 aliphatic heterocycles. The van der Waals surface area contributed by atoms with Crippen LogP contribution in [-0.2, 0) is 21.2 Å². The number of carbonyl (C=O) groups is 2. The van der Waals surface area contributed by atoms with Crippen molar-refractivity contribution in [2.24, 2.45) is 0 Å². The van der Waals surface area contributed by atoms with E-state index in [4.69, 9.17) is 5.11 Å². The number of aliphatic carboxylic acids is 1. The van der Waals surface area contributed by atoms with Gasteiger partial charge in [-0.15, -0.1) is 0 Å². The molecular weight excluding hydrogens is 318 g/mol. The molecule has 23 heavy (non-hydrogen) atoms. The zero-order valence-corrected chi connectivity index (χ0v) is 13.9. The number of unbranched alkanes of at least 4 members (excludes halogenated alkanes) is 1. The summed E-state index contributed by atoms with van der Waals surface area (Å²) in [5.74, 6) is -1.16. The third-order valence-electron chi connectivity index (χ3n) is 3.98. The van der Waals surface area contributed by atoms with Crippen LogP contribution in [0, 0.1) is 0 Å². The zero-order valence-electron chi connectivity index (χ0n) is 13.0. The maximum Gasteiger partial charge on any atom is 0.321 e. The number of carbonyl (C=O) groups excluding carboxylic acids is 1. The molecule has 1 atom stereocenters. The molecule has 0 aromatic heterocycles. The molecule has 2 N–H and O–H groups in total. The third kappa shape index (κ3) is 4.17. The Balaban J connectivity index is 2.25. The van der Waals surface area contributed by atoms with Crippen molar-refractivity contribution in [2.75, 3.05) is 0 Å². The predicted octanol–water partition coefficient (Wildman–Crippen LogP) is 2.13. The molecule has 0 saturated carbocycles. The molecule has 0 radical (unpaired) electrons. The van der Waals surface area contributed by atoms with Crippen LogP contribution in [0.1, 0.15) is 54.9 Å². The SMILES string of the molecule is CCCC[C@H](NS(=O)(=O)c1ccc2c(c1)CCCC2=O)C(=O)O. The Morgan fingerprint density at radius 2 is 2.09 bits per heavy atom. The molecule has 1 aliphatic rings. The Morgan fingerprint density at radius 1 is 1.35 bits per heavy atom. The van der Waals surface area contributed by atoms with E-state index in [1.54, 1.807) is 0 Å². The zero-order chi connectivity index (χ0) is 17.0. The molecule has 0 saturated heterocycles. The largest absolute Gasteiger partial charge is 0.480 e. The smallest absolute Gasteiger partial charge is 0.321 e. The second-order valence-corrected chi connectivity index (χ2v) is 7.46. The molecule has 7 heteroatoms. The summed E-state index contributed by atoms with van der Waals surface area (Å²) < 4.78 is 27.1. The molecule has 1 aliphatic carbocycles. The first-order chi connectivity index (χ1) is 10.8. The van der Waals surface area contributed by atoms with Gasteiger partial charge in [0, 0.05) is 12.0 Å². The lowest BCUT2D eigenvalue weighted by atomic mass is 9.91. The van der Waals surface area contributed by atoms with E-state index in [2.05, 4.69) is 4.72 Å². The van der Waals surface area contributed by atoms with E-state index in [0.29, 0.717) is 36.8 Å². The molecule has 1 aromatic carbocycles. The number of nitrogens with one attached hydrogen (secondary N) is 1. The normalized spacial score (nSPS) is 16.0. The first-order valence-electron chi connectivity index (χ1n) is 7.76. The molecule has 0 amide bonds. The summed E-state index contributed by atoms with van der Waals surface area (Å²) in [6.07, 6.45) is 3.49. The van der Waals surface area contributed by atoms with Crippen molar-refractivity contribution in [2.45, 2.75) is 56.4 Å². The minimum Gasteiger partial charge on any atom is -0.480 e. The highest BCUT2D eigenvalue weighted by Crippen LogP contribution is 2.24. The lowest BCUT2D eigenvalue weighted by molar-refractivity contribution is -0.139. The van der Waals surface area contributed by atoms with Gasteiger partial charge in [0.15, 0.2) is 5.78 Å². The van der Waals surface area contributed by atoms with Gasteiger partial charge in [0.1, 0.15) is 6.04 Å². The fraction of sp³-hybridized carbons (Fsp3) is 0.500. The van der Waals surface area contributed by atoms with Gasteiger partial charge in [0.2, 0.25) is 10.0 Å². The Morgan fingerprint density at radius 3 is 2.74 bits per heavy atom. The maximum atomic E-state index is 12.4. The summed E-state index contributed by atoms with van der Waals surface area (Å²) in [5.41, 5.74) is 1.28. The van der Waals surface area contributed by atoms with Crippen LogP contribution in [0.5, 0.6) is 0 Å². The van der Waals surface area contributed by atoms with Crippen molar-refractivity contribution in [1.82, 2.24) is 4.72 Å². The highest BCUT2D eigenvalue weighted by Gasteiger charge is 2.26. The van der Waals surface area contributed by atoms with Gasteiger partial charge in [-0.05, 0) is 43.0 Å². The minimum atomic E-state index is -3.93. The summed E-state index contributed by atoms with van der Waals surface area (Å²) in [6.45, 7) is 1.91. The monoisotopic (exact) mass is 339 g/mol. The second kappa shape index (κ2) is 7.23. The topological polar surface area (TPSA) is 101 Å². The molecule has 0 bridgehead atoms. The van der Waals surface area contributed by atoms with Gasteiger partial charge in [0.05, 0.1) is 4.90 Å². The van der Waals surface area contributed by atoms with Crippen LogP contribution < -0.4 is 4.72 Å². The predicted molar refractivity (Wildman–Crippen MR) is 85.0 cm³/mol. The van der Waals surface area contributed by atoms with Gasteiger partial charge in [-0.2, -0.15) is 4.72 Å². The lowest BCUT2D eigenvalue weighted by Crippen LogP contribution is -2.40. The molecule has 2 rings (SSSR count). The number of ketones is 1. The van der Waals surface area contributed by atoms with Crippen LogP contribution in [0.3, 0.4) is 0 Å². The van der Waals surface area contributed by atoms with Crippen molar-refractivity contribution in [3.63, 3.8) is 0 Å². The average molecular weight is 339 g/mol. The van der Waals surface area contributed by atoms with Gasteiger partial charge in [-0.3, -0.25) is 9.59 Å². The van der Waals surface area contributed by atoms with E-state index in [-0.39, 0.29) is 17.1 Å². The fourth-order valence-corrected chi connectivity index (χ4v) is 3.96. The van der Waals surface area contributed by atoms with Crippen molar-refractivity contribution >= 4 is 21.8 Å². The van der Waals surface area contributed by atoms with Crippen LogP contribution in [0.2, 0.25) is 0 Å². The second-order valence-electron chi connectivity index (χ2n) is 5.75. The molecule has 0 heterocycles. The number of aryl methyl sites for hydroxylation is 1. The molecular formula is C16H21NO5S. The number of hydrogen-bond donors (Lipinski definition) is 2. The first-order valence-corrected chi connectivity index (χ1v) is 9.24. The quantitative estimate of drug-likeness (QED) is 0.792. The molecule has 0 spiro atoms. The highest BCUT2D eigenvalue weighted by molar-refractivity contribution is 7.89. The lowest BCUT2D eigenvalue weighted by Gasteiger charge is -2.18. The van der Waals surface area contributed by atoms with E-state index in [1.807, 2.05) is 6.92 Å². The van der Waals surface area contributed by atoms with Gasteiger partial charge >= 0.3 is 5.97 Å². The average Bonchev–Trinajstić information content (AvgIpc) is 2.51. The van der Waals surface area contributed by atoms with E-state index in [1.165, 1.54) is 18.2 Å². The van der Waals surface area contributed by atoms with Crippen molar-refractivity contribution in [3.8, 4) is 0 Å². The van der Waals surface area contributed by atoms with Crippen molar-refractivity contribution < 1.29 is 23.1 Å².